The van der Waals surface area contributed by atoms with E-state index in [0.717, 1.165) is 12.4 Å². The maximum absolute atomic E-state index is 8.74. The summed E-state index contributed by atoms with van der Waals surface area (Å²) in [7, 11) is 0. The molecule has 2 heterocycles. The van der Waals surface area contributed by atoms with Crippen molar-refractivity contribution in [3.63, 3.8) is 0 Å². The molecule has 1 aromatic rings. The first kappa shape index (κ1) is 15.7. The third kappa shape index (κ3) is 4.68. The van der Waals surface area contributed by atoms with E-state index in [2.05, 4.69) is 34.3 Å². The van der Waals surface area contributed by atoms with E-state index >= 15 is 0 Å². The van der Waals surface area contributed by atoms with Gasteiger partial charge in [-0.05, 0) is 44.0 Å². The minimum absolute atomic E-state index is 0.355. The molecule has 0 aromatic carbocycles. The predicted octanol–water partition coefficient (Wildman–Crippen LogP) is 2.66. The lowest BCUT2D eigenvalue weighted by atomic mass is 10.0. The van der Waals surface area contributed by atoms with Gasteiger partial charge in [0.25, 0.3) is 0 Å². The molecule has 5 nitrogen and oxygen atoms in total. The van der Waals surface area contributed by atoms with Gasteiger partial charge in [-0.3, -0.25) is 4.90 Å². The summed E-state index contributed by atoms with van der Waals surface area (Å²) in [5, 5.41) is 20.0. The fourth-order valence-corrected chi connectivity index (χ4v) is 2.91. The number of anilines is 1. The highest BCUT2D eigenvalue weighted by atomic mass is 15.2. The Kier molecular flexibility index (Phi) is 5.94. The van der Waals surface area contributed by atoms with Crippen molar-refractivity contribution in [1.82, 2.24) is 15.1 Å². The Bertz CT molecular complexity index is 455. The summed E-state index contributed by atoms with van der Waals surface area (Å²) in [5.41, 5.74) is 0.355. The van der Waals surface area contributed by atoms with Crippen molar-refractivity contribution in [1.29, 1.82) is 5.26 Å². The number of hydrogen-bond acceptors (Lipinski definition) is 5. The van der Waals surface area contributed by atoms with Crippen molar-refractivity contribution >= 4 is 5.82 Å². The van der Waals surface area contributed by atoms with Crippen LogP contribution in [0.2, 0.25) is 0 Å². The fourth-order valence-electron chi connectivity index (χ4n) is 2.91. The predicted molar refractivity (Wildman–Crippen MR) is 83.9 cm³/mol. The Labute approximate surface area is 127 Å². The van der Waals surface area contributed by atoms with E-state index in [1.54, 1.807) is 6.07 Å². The average Bonchev–Trinajstić information content (AvgIpc) is 2.77. The van der Waals surface area contributed by atoms with Crippen LogP contribution in [0.15, 0.2) is 12.1 Å². The quantitative estimate of drug-likeness (QED) is 0.902. The molecule has 1 atom stereocenters. The number of hydrogen-bond donors (Lipinski definition) is 1. The van der Waals surface area contributed by atoms with Crippen molar-refractivity contribution in [3.8, 4) is 6.07 Å². The number of likely N-dealkylation sites (tertiary alicyclic amines) is 1. The lowest BCUT2D eigenvalue weighted by Crippen LogP contribution is -2.44. The zero-order chi connectivity index (χ0) is 15.1. The molecule has 1 aliphatic rings. The van der Waals surface area contributed by atoms with Crippen LogP contribution in [0.5, 0.6) is 0 Å². The van der Waals surface area contributed by atoms with Crippen molar-refractivity contribution in [2.45, 2.75) is 45.6 Å². The van der Waals surface area contributed by atoms with Gasteiger partial charge < -0.3 is 5.32 Å². The second kappa shape index (κ2) is 7.94. The van der Waals surface area contributed by atoms with Crippen LogP contribution in [0.25, 0.3) is 0 Å². The summed E-state index contributed by atoms with van der Waals surface area (Å²) in [6.07, 6.45) is 5.32. The second-order valence-corrected chi connectivity index (χ2v) is 6.06. The van der Waals surface area contributed by atoms with Gasteiger partial charge in [0.05, 0.1) is 0 Å². The van der Waals surface area contributed by atoms with Crippen LogP contribution in [0.3, 0.4) is 0 Å². The molecular formula is C16H25N5. The first-order valence-corrected chi connectivity index (χ1v) is 7.92. The molecule has 0 amide bonds. The largest absolute Gasteiger partial charge is 0.367 e. The van der Waals surface area contributed by atoms with Gasteiger partial charge in [0, 0.05) is 12.6 Å². The van der Waals surface area contributed by atoms with Crippen LogP contribution in [0.4, 0.5) is 5.82 Å². The van der Waals surface area contributed by atoms with E-state index in [4.69, 9.17) is 5.26 Å². The van der Waals surface area contributed by atoms with Crippen LogP contribution in [0, 0.1) is 17.2 Å². The lowest BCUT2D eigenvalue weighted by Gasteiger charge is -2.33. The van der Waals surface area contributed by atoms with Crippen LogP contribution in [-0.4, -0.2) is 40.8 Å². The monoisotopic (exact) mass is 287 g/mol. The van der Waals surface area contributed by atoms with Crippen LogP contribution < -0.4 is 5.32 Å². The zero-order valence-electron chi connectivity index (χ0n) is 13.0. The Morgan fingerprint density at radius 2 is 1.90 bits per heavy atom. The average molecular weight is 287 g/mol. The van der Waals surface area contributed by atoms with Crippen LogP contribution in [-0.2, 0) is 0 Å². The van der Waals surface area contributed by atoms with Crippen LogP contribution >= 0.6 is 0 Å². The van der Waals surface area contributed by atoms with E-state index in [0.29, 0.717) is 17.7 Å². The second-order valence-electron chi connectivity index (χ2n) is 6.06. The van der Waals surface area contributed by atoms with E-state index in [1.807, 2.05) is 12.1 Å². The van der Waals surface area contributed by atoms with E-state index < -0.39 is 0 Å². The highest BCUT2D eigenvalue weighted by molar-refractivity contribution is 5.35. The van der Waals surface area contributed by atoms with Gasteiger partial charge >= 0.3 is 0 Å². The fraction of sp³-hybridized carbons (Fsp3) is 0.688. The number of rotatable bonds is 5. The van der Waals surface area contributed by atoms with Gasteiger partial charge in [0.15, 0.2) is 5.69 Å². The summed E-state index contributed by atoms with van der Waals surface area (Å²) >= 11 is 0. The molecule has 2 rings (SSSR count). The van der Waals surface area contributed by atoms with E-state index in [1.165, 1.54) is 38.8 Å². The molecule has 1 N–H and O–H groups in total. The third-order valence-corrected chi connectivity index (χ3v) is 4.15. The topological polar surface area (TPSA) is 64.8 Å². The van der Waals surface area contributed by atoms with Crippen molar-refractivity contribution in [2.75, 3.05) is 25.0 Å². The molecule has 1 unspecified atom stereocenters. The maximum atomic E-state index is 8.74. The number of nitriles is 1. The summed E-state index contributed by atoms with van der Waals surface area (Å²) in [4.78, 5) is 2.61. The molecule has 5 heteroatoms. The maximum Gasteiger partial charge on any atom is 0.163 e. The summed E-state index contributed by atoms with van der Waals surface area (Å²) in [5.74, 6) is 1.34. The van der Waals surface area contributed by atoms with Crippen molar-refractivity contribution in [3.05, 3.63) is 17.8 Å². The molecular weight excluding hydrogens is 262 g/mol. The Morgan fingerprint density at radius 1 is 1.19 bits per heavy atom. The molecule has 0 bridgehead atoms. The highest BCUT2D eigenvalue weighted by Crippen LogP contribution is 2.18. The molecule has 0 spiro atoms. The van der Waals surface area contributed by atoms with E-state index in [-0.39, 0.29) is 0 Å². The van der Waals surface area contributed by atoms with Gasteiger partial charge in [-0.15, -0.1) is 10.2 Å². The molecule has 114 valence electrons. The van der Waals surface area contributed by atoms with Gasteiger partial charge in [0.2, 0.25) is 0 Å². The van der Waals surface area contributed by atoms with Crippen molar-refractivity contribution in [2.24, 2.45) is 5.92 Å². The van der Waals surface area contributed by atoms with Gasteiger partial charge in [-0.2, -0.15) is 5.26 Å². The van der Waals surface area contributed by atoms with Gasteiger partial charge in [0.1, 0.15) is 11.9 Å². The standard InChI is InChI=1S/C16H25N5/c1-13(2)15(21-9-5-3-4-6-10-21)12-18-16-8-7-14(11-17)19-20-16/h7-8,13,15H,3-6,9-10,12H2,1-2H3,(H,18,20). The Morgan fingerprint density at radius 3 is 2.43 bits per heavy atom. The minimum Gasteiger partial charge on any atom is -0.367 e. The minimum atomic E-state index is 0.355. The molecule has 1 fully saturated rings. The first-order valence-electron chi connectivity index (χ1n) is 7.92. The molecule has 1 saturated heterocycles. The Hall–Kier alpha value is -1.67. The lowest BCUT2D eigenvalue weighted by molar-refractivity contribution is 0.169. The van der Waals surface area contributed by atoms with Crippen LogP contribution in [0.1, 0.15) is 45.2 Å². The highest BCUT2D eigenvalue weighted by Gasteiger charge is 2.22. The normalized spacial score (nSPS) is 18.0. The molecule has 21 heavy (non-hydrogen) atoms. The summed E-state index contributed by atoms with van der Waals surface area (Å²) in [6, 6.07) is 6.03. The SMILES string of the molecule is CC(C)C(CNc1ccc(C#N)nn1)N1CCCCCC1. The Balaban J connectivity index is 1.94. The molecule has 0 saturated carbocycles. The zero-order valence-corrected chi connectivity index (χ0v) is 13.0. The van der Waals surface area contributed by atoms with Crippen molar-refractivity contribution < 1.29 is 0 Å². The first-order chi connectivity index (χ1) is 10.2. The van der Waals surface area contributed by atoms with E-state index in [9.17, 15) is 0 Å². The smallest absolute Gasteiger partial charge is 0.163 e. The summed E-state index contributed by atoms with van der Waals surface area (Å²) in [6.45, 7) is 7.83. The number of nitrogens with one attached hydrogen (secondary N) is 1. The molecule has 0 radical (unpaired) electrons. The number of nitrogens with zero attached hydrogens (tertiary/aromatic N) is 4. The van der Waals surface area contributed by atoms with Gasteiger partial charge in [-0.25, -0.2) is 0 Å². The molecule has 1 aromatic heterocycles. The van der Waals surface area contributed by atoms with Gasteiger partial charge in [-0.1, -0.05) is 26.7 Å². The molecule has 0 aliphatic carbocycles. The molecule has 1 aliphatic heterocycles. The number of aromatic nitrogens is 2. The third-order valence-electron chi connectivity index (χ3n) is 4.15. The summed E-state index contributed by atoms with van der Waals surface area (Å²) < 4.78 is 0.